The van der Waals surface area contributed by atoms with Crippen LogP contribution in [0.25, 0.3) is 0 Å². The van der Waals surface area contributed by atoms with E-state index in [0.717, 1.165) is 5.56 Å². The lowest BCUT2D eigenvalue weighted by molar-refractivity contribution is 0.144. The lowest BCUT2D eigenvalue weighted by Crippen LogP contribution is -2.12. The molecule has 0 aromatic heterocycles. The molecule has 11 heteroatoms. The highest BCUT2D eigenvalue weighted by atomic mass is 32.3. The molecule has 0 fully saturated rings. The van der Waals surface area contributed by atoms with Crippen LogP contribution in [0.4, 0.5) is 0 Å². The molecule has 0 unspecified atom stereocenters. The maximum atomic E-state index is 10.9. The first-order valence-corrected chi connectivity index (χ1v) is 14.4. The summed E-state index contributed by atoms with van der Waals surface area (Å²) in [4.78, 5) is 0. The molecule has 0 aliphatic carbocycles. The third-order valence-electron chi connectivity index (χ3n) is 5.68. The number of benzene rings is 4. The molecule has 0 bridgehead atoms. The van der Waals surface area contributed by atoms with Gasteiger partial charge in [0, 0.05) is 30.4 Å². The Kier molecular flexibility index (Phi) is 11.1. The number of rotatable bonds is 15. The summed E-state index contributed by atoms with van der Waals surface area (Å²) < 4.78 is 69.8. The van der Waals surface area contributed by atoms with Crippen LogP contribution >= 0.6 is 0 Å². The Balaban J connectivity index is 1.56. The second-order valence-electron chi connectivity index (χ2n) is 8.80. The van der Waals surface area contributed by atoms with Crippen molar-refractivity contribution >= 4 is 10.4 Å². The average Bonchev–Trinajstić information content (AvgIpc) is 3.02. The second kappa shape index (κ2) is 15.3. The van der Waals surface area contributed by atoms with Gasteiger partial charge in [-0.2, -0.15) is 8.42 Å². The van der Waals surface area contributed by atoms with E-state index >= 15 is 0 Å². The van der Waals surface area contributed by atoms with Crippen LogP contribution in [-0.4, -0.2) is 46.5 Å². The maximum absolute atomic E-state index is 10.9. The Bertz CT molecular complexity index is 1740. The van der Waals surface area contributed by atoms with Crippen LogP contribution in [0.1, 0.15) is 11.1 Å². The van der Waals surface area contributed by atoms with Gasteiger partial charge in [0.15, 0.2) is 23.0 Å². The summed E-state index contributed by atoms with van der Waals surface area (Å²) in [6.07, 6.45) is 10.9. The van der Waals surface area contributed by atoms with Crippen molar-refractivity contribution in [2.24, 2.45) is 0 Å². The molecule has 4 aromatic carbocycles. The fraction of sp³-hybridized carbons (Fsp3) is 0.152. The molecule has 0 heterocycles. The molecule has 0 amide bonds. The minimum atomic E-state index is -4.62. The smallest absolute Gasteiger partial charge is 0.397 e. The van der Waals surface area contributed by atoms with Gasteiger partial charge in [-0.05, 0) is 72.8 Å². The molecular weight excluding hydrogens is 588 g/mol. The van der Waals surface area contributed by atoms with Crippen LogP contribution in [0.5, 0.6) is 46.0 Å². The summed E-state index contributed by atoms with van der Waals surface area (Å²) in [7, 11) is -3.05. The quantitative estimate of drug-likeness (QED) is 0.0933. The fourth-order valence-corrected chi connectivity index (χ4v) is 3.93. The van der Waals surface area contributed by atoms with Crippen molar-refractivity contribution in [1.82, 2.24) is 0 Å². The van der Waals surface area contributed by atoms with E-state index in [2.05, 4.69) is 16.0 Å². The van der Waals surface area contributed by atoms with E-state index in [4.69, 9.17) is 45.8 Å². The van der Waals surface area contributed by atoms with Crippen LogP contribution < -0.4 is 23.7 Å². The molecule has 226 valence electrons. The van der Waals surface area contributed by atoms with Gasteiger partial charge in [0.05, 0.1) is 6.61 Å². The van der Waals surface area contributed by atoms with Gasteiger partial charge in [-0.3, -0.25) is 4.55 Å². The number of ether oxygens (including phenoxy) is 6. The SMILES string of the molecule is C#Cc1ccc(Oc2ccc(Oc3ccc(Oc4ccc(C#C)cc4)c(OCCOS(=O)(=O)O)c3)cc2OCCOC)cc1. The van der Waals surface area contributed by atoms with Crippen LogP contribution in [-0.2, 0) is 19.3 Å². The normalized spacial score (nSPS) is 10.7. The van der Waals surface area contributed by atoms with Crippen LogP contribution in [0.3, 0.4) is 0 Å². The Morgan fingerprint density at radius 2 is 1.02 bits per heavy atom. The average molecular weight is 617 g/mol. The maximum Gasteiger partial charge on any atom is 0.397 e. The first kappa shape index (κ1) is 31.8. The fourth-order valence-electron chi connectivity index (χ4n) is 3.65. The molecule has 4 rings (SSSR count). The van der Waals surface area contributed by atoms with Crippen molar-refractivity contribution in [3.63, 3.8) is 0 Å². The molecule has 0 radical (unpaired) electrons. The molecule has 4 aromatic rings. The van der Waals surface area contributed by atoms with E-state index < -0.39 is 17.0 Å². The van der Waals surface area contributed by atoms with Crippen LogP contribution in [0, 0.1) is 24.7 Å². The molecule has 10 nitrogen and oxygen atoms in total. The number of hydrogen-bond donors (Lipinski definition) is 1. The largest absolute Gasteiger partial charge is 0.487 e. The first-order chi connectivity index (χ1) is 21.3. The summed E-state index contributed by atoms with van der Waals surface area (Å²) in [5.41, 5.74) is 1.41. The minimum absolute atomic E-state index is 0.217. The van der Waals surface area contributed by atoms with Gasteiger partial charge in [-0.15, -0.1) is 12.8 Å². The van der Waals surface area contributed by atoms with Gasteiger partial charge in [-0.1, -0.05) is 11.8 Å². The molecule has 0 spiro atoms. The summed E-state index contributed by atoms with van der Waals surface area (Å²) in [5.74, 6) is 8.33. The zero-order valence-electron chi connectivity index (χ0n) is 23.6. The summed E-state index contributed by atoms with van der Waals surface area (Å²) in [6, 6.07) is 23.8. The monoisotopic (exact) mass is 616 g/mol. The predicted octanol–water partition coefficient (Wildman–Crippen LogP) is 6.25. The van der Waals surface area contributed by atoms with Crippen LogP contribution in [0.2, 0.25) is 0 Å². The molecule has 0 saturated carbocycles. The van der Waals surface area contributed by atoms with E-state index in [9.17, 15) is 8.42 Å². The molecule has 1 N–H and O–H groups in total. The molecular formula is C33H28O10S. The summed E-state index contributed by atoms with van der Waals surface area (Å²) in [5, 5.41) is 0. The van der Waals surface area contributed by atoms with E-state index in [0.29, 0.717) is 52.4 Å². The van der Waals surface area contributed by atoms with E-state index in [1.54, 1.807) is 92.0 Å². The van der Waals surface area contributed by atoms with Gasteiger partial charge < -0.3 is 28.4 Å². The predicted molar refractivity (Wildman–Crippen MR) is 162 cm³/mol. The van der Waals surface area contributed by atoms with Crippen molar-refractivity contribution in [2.75, 3.05) is 33.5 Å². The van der Waals surface area contributed by atoms with Gasteiger partial charge in [0.25, 0.3) is 0 Å². The Hall–Kier alpha value is -5.17. The summed E-state index contributed by atoms with van der Waals surface area (Å²) in [6.45, 7) is -0.0303. The highest BCUT2D eigenvalue weighted by Gasteiger charge is 2.14. The zero-order valence-corrected chi connectivity index (χ0v) is 24.4. The van der Waals surface area contributed by atoms with Crippen molar-refractivity contribution in [1.29, 1.82) is 0 Å². The molecule has 0 atom stereocenters. The minimum Gasteiger partial charge on any atom is -0.487 e. The zero-order chi connectivity index (χ0) is 31.4. The first-order valence-electron chi connectivity index (χ1n) is 13.1. The van der Waals surface area contributed by atoms with E-state index in [-0.39, 0.29) is 19.0 Å². The number of methoxy groups -OCH3 is 1. The molecule has 0 aliphatic rings. The molecule has 0 aliphatic heterocycles. The molecule has 44 heavy (non-hydrogen) atoms. The van der Waals surface area contributed by atoms with Crippen molar-refractivity contribution < 1.29 is 45.6 Å². The Morgan fingerprint density at radius 3 is 1.43 bits per heavy atom. The second-order valence-corrected chi connectivity index (χ2v) is 9.89. The van der Waals surface area contributed by atoms with Gasteiger partial charge >= 0.3 is 10.4 Å². The van der Waals surface area contributed by atoms with Crippen molar-refractivity contribution in [3.05, 3.63) is 96.1 Å². The van der Waals surface area contributed by atoms with E-state index in [1.165, 1.54) is 0 Å². The lowest BCUT2D eigenvalue weighted by atomic mass is 10.2. The van der Waals surface area contributed by atoms with Crippen molar-refractivity contribution in [3.8, 4) is 70.7 Å². The van der Waals surface area contributed by atoms with Gasteiger partial charge in [0.1, 0.15) is 42.8 Å². The number of hydrogen-bond acceptors (Lipinski definition) is 9. The third kappa shape index (κ3) is 9.70. The van der Waals surface area contributed by atoms with Gasteiger partial charge in [0.2, 0.25) is 0 Å². The van der Waals surface area contributed by atoms with E-state index in [1.807, 2.05) is 0 Å². The number of terminal acetylenes is 2. The standard InChI is InChI=1S/C33H28O10S/c1-4-24-6-10-26(11-7-24)42-30-16-14-28(22-32(30)38-19-18-37-3)41-29-15-17-31(43-27-12-8-25(5-2)9-13-27)33(23-29)39-20-21-40-44(34,35)36/h1-2,6-17,22-23H,18-21H2,3H3,(H,34,35,36). The highest BCUT2D eigenvalue weighted by molar-refractivity contribution is 7.80. The van der Waals surface area contributed by atoms with Gasteiger partial charge in [-0.25, -0.2) is 4.18 Å². The Labute approximate surface area is 256 Å². The highest BCUT2D eigenvalue weighted by Crippen LogP contribution is 2.39. The third-order valence-corrected chi connectivity index (χ3v) is 6.15. The lowest BCUT2D eigenvalue weighted by Gasteiger charge is -2.16. The van der Waals surface area contributed by atoms with Crippen molar-refractivity contribution in [2.45, 2.75) is 0 Å². The van der Waals surface area contributed by atoms with Crippen LogP contribution in [0.15, 0.2) is 84.9 Å². The topological polar surface area (TPSA) is 119 Å². The Morgan fingerprint density at radius 1 is 0.591 bits per heavy atom. The summed E-state index contributed by atoms with van der Waals surface area (Å²) >= 11 is 0. The molecule has 0 saturated heterocycles.